The van der Waals surface area contributed by atoms with Gasteiger partial charge in [0.15, 0.2) is 11.9 Å². The van der Waals surface area contributed by atoms with E-state index in [2.05, 4.69) is 31.6 Å². The molecule has 1 saturated heterocycles. The molecule has 1 fully saturated rings. The summed E-state index contributed by atoms with van der Waals surface area (Å²) in [6.45, 7) is 7.76. The fourth-order valence-corrected chi connectivity index (χ4v) is 3.93. The van der Waals surface area contributed by atoms with Gasteiger partial charge in [0.25, 0.3) is 5.69 Å². The number of para-hydroxylation sites is 1. The normalized spacial score (nSPS) is 14.6. The summed E-state index contributed by atoms with van der Waals surface area (Å²) in [5.74, 6) is 1.99. The molecule has 1 radical (unpaired) electrons. The van der Waals surface area contributed by atoms with Gasteiger partial charge in [0, 0.05) is 119 Å². The maximum Gasteiger partial charge on any atom is 0.272 e. The number of carbonyl (C=O) groups excluding carboxylic acids is 1. The van der Waals surface area contributed by atoms with Gasteiger partial charge in [0.05, 0.1) is 11.5 Å². The summed E-state index contributed by atoms with van der Waals surface area (Å²) in [5.41, 5.74) is 0.595. The number of aliphatic imine (C=N–C) groups is 2. The maximum absolute atomic E-state index is 10.7. The Labute approximate surface area is 240 Å². The second-order valence-corrected chi connectivity index (χ2v) is 8.72. The van der Waals surface area contributed by atoms with Crippen molar-refractivity contribution in [3.8, 4) is 0 Å². The SMILES string of the molecule is CC(CO[C-]=O)c1ccccc1[N+](=O)[O-].CN1CCCN2CCCN=C12.CN=C(N(C)C)N(C)C.[Y]. The first-order valence-corrected chi connectivity index (χ1v) is 11.7. The maximum atomic E-state index is 10.7. The van der Waals surface area contributed by atoms with E-state index in [1.807, 2.05) is 38.0 Å². The zero-order chi connectivity index (χ0) is 26.4. The molecule has 1 aromatic carbocycles. The molecule has 0 N–H and O–H groups in total. The summed E-state index contributed by atoms with van der Waals surface area (Å²) < 4.78 is 4.46. The summed E-state index contributed by atoms with van der Waals surface area (Å²) in [4.78, 5) is 37.3. The molecule has 0 saturated carbocycles. The first kappa shape index (κ1) is 33.7. The molecule has 0 spiro atoms. The molecule has 1 unspecified atom stereocenters. The van der Waals surface area contributed by atoms with Crippen molar-refractivity contribution in [1.82, 2.24) is 19.6 Å². The van der Waals surface area contributed by atoms with Crippen molar-refractivity contribution in [3.63, 3.8) is 0 Å². The van der Waals surface area contributed by atoms with Gasteiger partial charge in [-0.3, -0.25) is 20.1 Å². The van der Waals surface area contributed by atoms with Crippen LogP contribution in [-0.2, 0) is 42.2 Å². The van der Waals surface area contributed by atoms with E-state index in [-0.39, 0.29) is 50.9 Å². The van der Waals surface area contributed by atoms with Crippen LogP contribution in [0.15, 0.2) is 34.3 Å². The topological polar surface area (TPSA) is 107 Å². The Morgan fingerprint density at radius 3 is 2.31 bits per heavy atom. The molecule has 199 valence electrons. The van der Waals surface area contributed by atoms with E-state index in [4.69, 9.17) is 0 Å². The monoisotopic (exact) mass is 579 g/mol. The van der Waals surface area contributed by atoms with E-state index >= 15 is 0 Å². The molecule has 1 atom stereocenters. The Balaban J connectivity index is 0.000000522. The first-order valence-electron chi connectivity index (χ1n) is 11.7. The van der Waals surface area contributed by atoms with Gasteiger partial charge in [-0.05, 0) is 12.8 Å². The summed E-state index contributed by atoms with van der Waals surface area (Å²) >= 11 is 0. The summed E-state index contributed by atoms with van der Waals surface area (Å²) in [6, 6.07) is 6.39. The van der Waals surface area contributed by atoms with Crippen LogP contribution in [0.25, 0.3) is 0 Å². The fourth-order valence-electron chi connectivity index (χ4n) is 3.93. The minimum atomic E-state index is -0.448. The quantitative estimate of drug-likeness (QED) is 0.172. The van der Waals surface area contributed by atoms with E-state index in [0.717, 1.165) is 12.5 Å². The van der Waals surface area contributed by atoms with Crippen LogP contribution in [0.5, 0.6) is 0 Å². The molecule has 2 heterocycles. The molecule has 0 aromatic heterocycles. The number of ether oxygens (including phenoxy) is 1. The summed E-state index contributed by atoms with van der Waals surface area (Å²) in [6.07, 6.45) is 2.52. The van der Waals surface area contributed by atoms with E-state index in [1.54, 1.807) is 32.2 Å². The molecule has 2 aliphatic heterocycles. The summed E-state index contributed by atoms with van der Waals surface area (Å²) in [7, 11) is 11.8. The smallest absolute Gasteiger partial charge is 0.272 e. The minimum Gasteiger partial charge on any atom is -0.652 e. The van der Waals surface area contributed by atoms with Gasteiger partial charge in [0.1, 0.15) is 0 Å². The molecule has 11 nitrogen and oxygen atoms in total. The zero-order valence-corrected chi connectivity index (χ0v) is 25.5. The largest absolute Gasteiger partial charge is 0.652 e. The Bertz CT molecular complexity index is 855. The molecule has 2 aliphatic rings. The van der Waals surface area contributed by atoms with Gasteiger partial charge in [-0.2, -0.15) is 0 Å². The van der Waals surface area contributed by atoms with Gasteiger partial charge in [-0.1, -0.05) is 31.6 Å². The Morgan fingerprint density at radius 2 is 1.81 bits per heavy atom. The van der Waals surface area contributed by atoms with Gasteiger partial charge < -0.3 is 29.1 Å². The van der Waals surface area contributed by atoms with Gasteiger partial charge in [0.2, 0.25) is 0 Å². The van der Waals surface area contributed by atoms with Crippen molar-refractivity contribution in [2.75, 3.05) is 75.1 Å². The average molecular weight is 580 g/mol. The van der Waals surface area contributed by atoms with Crippen molar-refractivity contribution >= 4 is 24.1 Å². The molecule has 0 bridgehead atoms. The number of hydrogen-bond acceptors (Lipinski definition) is 8. The van der Waals surface area contributed by atoms with Crippen molar-refractivity contribution in [2.45, 2.75) is 25.7 Å². The van der Waals surface area contributed by atoms with Crippen LogP contribution in [0.4, 0.5) is 5.69 Å². The Kier molecular flexibility index (Phi) is 16.9. The number of rotatable bonds is 5. The molecule has 1 aromatic rings. The Hall–Kier alpha value is -2.27. The van der Waals surface area contributed by atoms with Gasteiger partial charge in [-0.25, -0.2) is 0 Å². The van der Waals surface area contributed by atoms with Gasteiger partial charge in [-0.15, -0.1) is 0 Å². The van der Waals surface area contributed by atoms with Crippen LogP contribution in [0, 0.1) is 10.1 Å². The second kappa shape index (κ2) is 18.1. The third-order valence-electron chi connectivity index (χ3n) is 5.44. The van der Waals surface area contributed by atoms with E-state index in [0.29, 0.717) is 5.56 Å². The molecular weight excluding hydrogens is 539 g/mol. The van der Waals surface area contributed by atoms with Crippen molar-refractivity contribution in [3.05, 3.63) is 39.9 Å². The predicted molar refractivity (Wildman–Crippen MR) is 140 cm³/mol. The number of fused-ring (bicyclic) bond motifs is 1. The van der Waals surface area contributed by atoms with Crippen LogP contribution < -0.4 is 0 Å². The minimum absolute atomic E-state index is 0. The third-order valence-corrected chi connectivity index (χ3v) is 5.44. The molecule has 0 amide bonds. The predicted octanol–water partition coefficient (Wildman–Crippen LogP) is 2.26. The number of nitrogens with zero attached hydrogens (tertiary/aromatic N) is 7. The van der Waals surface area contributed by atoms with Crippen molar-refractivity contribution < 1.29 is 47.2 Å². The van der Waals surface area contributed by atoms with E-state index in [1.165, 1.54) is 51.0 Å². The molecular formula is C24H40N7O4Y-. The standard InChI is InChI=1S/C10H10NO4.C8H15N3.C6H15N3.Y/c1-8(6-15-7-12)9-4-2-3-5-10(9)11(13)14;1-10-5-3-7-11-6-2-4-9-8(10)11;1-7-6(8(2)3)9(4)5;/h2-5,8H,6H2,1H3;2-7H2,1H3;1-5H3;/q-1;;;. The van der Waals surface area contributed by atoms with Crippen LogP contribution in [0.3, 0.4) is 0 Å². The van der Waals surface area contributed by atoms with E-state index < -0.39 is 4.92 Å². The third kappa shape index (κ3) is 11.2. The molecule has 3 rings (SSSR count). The number of guanidine groups is 2. The first-order chi connectivity index (χ1) is 16.6. The average Bonchev–Trinajstić information content (AvgIpc) is 2.83. The van der Waals surface area contributed by atoms with Crippen molar-refractivity contribution in [1.29, 1.82) is 0 Å². The number of nitro groups is 1. The molecule has 12 heteroatoms. The number of benzene rings is 1. The van der Waals surface area contributed by atoms with Crippen LogP contribution in [-0.4, -0.2) is 118 Å². The number of nitro benzene ring substituents is 1. The second-order valence-electron chi connectivity index (χ2n) is 8.72. The molecule has 36 heavy (non-hydrogen) atoms. The summed E-state index contributed by atoms with van der Waals surface area (Å²) in [5, 5.41) is 10.7. The number of hydrogen-bond donors (Lipinski definition) is 0. The van der Waals surface area contributed by atoms with Crippen LogP contribution in [0.2, 0.25) is 0 Å². The van der Waals surface area contributed by atoms with E-state index in [9.17, 15) is 14.9 Å². The van der Waals surface area contributed by atoms with Gasteiger partial charge >= 0.3 is 0 Å². The fraction of sp³-hybridized carbons (Fsp3) is 0.625. The Morgan fingerprint density at radius 1 is 1.19 bits per heavy atom. The van der Waals surface area contributed by atoms with Crippen LogP contribution in [0.1, 0.15) is 31.2 Å². The zero-order valence-electron chi connectivity index (χ0n) is 22.7. The van der Waals surface area contributed by atoms with Crippen molar-refractivity contribution in [2.24, 2.45) is 9.98 Å². The molecule has 0 aliphatic carbocycles. The van der Waals surface area contributed by atoms with Crippen LogP contribution >= 0.6 is 0 Å².